The normalized spacial score (nSPS) is 14.9. The van der Waals surface area contributed by atoms with Gasteiger partial charge in [-0.3, -0.25) is 0 Å². The Balaban J connectivity index is 2.03. The van der Waals surface area contributed by atoms with Crippen LogP contribution in [0.3, 0.4) is 0 Å². The first-order valence-electron chi connectivity index (χ1n) is 12.0. The van der Waals surface area contributed by atoms with E-state index in [9.17, 15) is 10.0 Å². The first kappa shape index (κ1) is 22.6. The Morgan fingerprint density at radius 2 is 1.24 bits per heavy atom. The molecule has 1 unspecified atom stereocenters. The van der Waals surface area contributed by atoms with E-state index in [0.717, 1.165) is 11.1 Å². The van der Waals surface area contributed by atoms with Crippen LogP contribution < -0.4 is 5.46 Å². The number of hydrogen-bond donors (Lipinski definition) is 2. The zero-order chi connectivity index (χ0) is 24.1. The van der Waals surface area contributed by atoms with E-state index in [2.05, 4.69) is 113 Å². The molecular weight excluding hydrogens is 415 g/mol. The average molecular weight is 446 g/mol. The maximum atomic E-state index is 10.5. The van der Waals surface area contributed by atoms with Crippen molar-refractivity contribution in [2.24, 2.45) is 5.41 Å². The summed E-state index contributed by atoms with van der Waals surface area (Å²) in [5.41, 5.74) is 7.99. The Bertz CT molecular complexity index is 1280. The number of rotatable bonds is 4. The Hall–Kier alpha value is -3.14. The third-order valence-electron chi connectivity index (χ3n) is 7.70. The zero-order valence-corrected chi connectivity index (χ0v) is 20.3. The van der Waals surface area contributed by atoms with Crippen LogP contribution in [0.1, 0.15) is 61.4 Å². The molecule has 0 amide bonds. The molecule has 34 heavy (non-hydrogen) atoms. The van der Waals surface area contributed by atoms with Crippen molar-refractivity contribution in [1.82, 2.24) is 0 Å². The first-order valence-corrected chi connectivity index (χ1v) is 12.0. The quantitative estimate of drug-likeness (QED) is 0.339. The highest BCUT2D eigenvalue weighted by Gasteiger charge is 2.49. The van der Waals surface area contributed by atoms with Gasteiger partial charge in [0.25, 0.3) is 0 Å². The van der Waals surface area contributed by atoms with Gasteiger partial charge < -0.3 is 10.0 Å². The van der Waals surface area contributed by atoms with E-state index in [1.165, 1.54) is 27.8 Å². The van der Waals surface area contributed by atoms with Crippen LogP contribution in [-0.2, 0) is 5.41 Å². The Labute approximate surface area is 203 Å². The molecule has 0 saturated heterocycles. The van der Waals surface area contributed by atoms with Crippen LogP contribution >= 0.6 is 0 Å². The molecule has 0 bridgehead atoms. The second-order valence-corrected chi connectivity index (χ2v) is 10.5. The van der Waals surface area contributed by atoms with Gasteiger partial charge in [0.05, 0.1) is 5.41 Å². The second-order valence-electron chi connectivity index (χ2n) is 10.5. The molecule has 5 rings (SSSR count). The van der Waals surface area contributed by atoms with Crippen molar-refractivity contribution in [2.75, 3.05) is 0 Å². The molecule has 0 saturated carbocycles. The molecule has 4 aromatic carbocycles. The molecular formula is C31H31BO2. The third-order valence-corrected chi connectivity index (χ3v) is 7.70. The summed E-state index contributed by atoms with van der Waals surface area (Å²) >= 11 is 0. The second kappa shape index (κ2) is 8.27. The molecule has 2 nitrogen and oxygen atoms in total. The van der Waals surface area contributed by atoms with Crippen LogP contribution in [0.5, 0.6) is 0 Å². The largest absolute Gasteiger partial charge is 0.489 e. The summed E-state index contributed by atoms with van der Waals surface area (Å²) in [7, 11) is -1.55. The van der Waals surface area contributed by atoms with Crippen molar-refractivity contribution in [3.05, 3.63) is 125 Å². The highest BCUT2D eigenvalue weighted by molar-refractivity contribution is 6.60. The van der Waals surface area contributed by atoms with Gasteiger partial charge in [0, 0.05) is 0 Å². The van der Waals surface area contributed by atoms with E-state index in [0.29, 0.717) is 5.46 Å². The summed E-state index contributed by atoms with van der Waals surface area (Å²) in [5.74, 6) is 0.243. The molecule has 0 fully saturated rings. The highest BCUT2D eigenvalue weighted by Crippen LogP contribution is 2.58. The van der Waals surface area contributed by atoms with Gasteiger partial charge in [-0.05, 0) is 55.7 Å². The molecule has 170 valence electrons. The van der Waals surface area contributed by atoms with Gasteiger partial charge in [-0.15, -0.1) is 0 Å². The van der Waals surface area contributed by atoms with Gasteiger partial charge in [-0.2, -0.15) is 0 Å². The van der Waals surface area contributed by atoms with Crippen molar-refractivity contribution in [1.29, 1.82) is 0 Å². The summed E-state index contributed by atoms with van der Waals surface area (Å²) in [6.45, 7) is 9.10. The Morgan fingerprint density at radius 1 is 0.706 bits per heavy atom. The average Bonchev–Trinajstić information content (AvgIpc) is 3.15. The maximum absolute atomic E-state index is 10.5. The van der Waals surface area contributed by atoms with Crippen LogP contribution in [0.4, 0.5) is 0 Å². The van der Waals surface area contributed by atoms with Gasteiger partial charge in [-0.25, -0.2) is 0 Å². The van der Waals surface area contributed by atoms with Crippen LogP contribution in [-0.4, -0.2) is 17.2 Å². The fourth-order valence-corrected chi connectivity index (χ4v) is 5.68. The maximum Gasteiger partial charge on any atom is 0.489 e. The minimum absolute atomic E-state index is 0.0288. The minimum Gasteiger partial charge on any atom is -0.423 e. The number of fused-ring (bicyclic) bond motifs is 3. The van der Waals surface area contributed by atoms with E-state index in [4.69, 9.17) is 0 Å². The Morgan fingerprint density at radius 3 is 1.76 bits per heavy atom. The van der Waals surface area contributed by atoms with Crippen molar-refractivity contribution >= 4 is 12.6 Å². The van der Waals surface area contributed by atoms with E-state index >= 15 is 0 Å². The Kier molecular flexibility index (Phi) is 5.51. The van der Waals surface area contributed by atoms with Gasteiger partial charge >= 0.3 is 7.12 Å². The lowest BCUT2D eigenvalue weighted by atomic mass is 9.62. The third kappa shape index (κ3) is 3.26. The monoisotopic (exact) mass is 446 g/mol. The lowest BCUT2D eigenvalue weighted by Crippen LogP contribution is -2.35. The molecule has 0 radical (unpaired) electrons. The van der Waals surface area contributed by atoms with Crippen molar-refractivity contribution in [3.63, 3.8) is 0 Å². The SMILES string of the molecule is CC(c1ccc(B(O)O)c2c1C(c1ccccc1)(c1ccccc1)c1ccccc1-2)C(C)(C)C. The lowest BCUT2D eigenvalue weighted by Gasteiger charge is -2.38. The van der Waals surface area contributed by atoms with Gasteiger partial charge in [-0.1, -0.05) is 125 Å². The van der Waals surface area contributed by atoms with Crippen molar-refractivity contribution in [2.45, 2.75) is 39.0 Å². The summed E-state index contributed by atoms with van der Waals surface area (Å²) in [6.07, 6.45) is 0. The van der Waals surface area contributed by atoms with Crippen molar-refractivity contribution in [3.8, 4) is 11.1 Å². The first-order chi connectivity index (χ1) is 16.3. The van der Waals surface area contributed by atoms with Crippen LogP contribution in [0.25, 0.3) is 11.1 Å². The molecule has 1 aliphatic carbocycles. The molecule has 0 aliphatic heterocycles. The molecule has 0 aromatic heterocycles. The van der Waals surface area contributed by atoms with Crippen LogP contribution in [0.2, 0.25) is 0 Å². The molecule has 4 aromatic rings. The zero-order valence-electron chi connectivity index (χ0n) is 20.3. The van der Waals surface area contributed by atoms with Gasteiger partial charge in [0.1, 0.15) is 0 Å². The molecule has 3 heteroatoms. The highest BCUT2D eigenvalue weighted by atomic mass is 16.4. The van der Waals surface area contributed by atoms with Crippen LogP contribution in [0, 0.1) is 5.41 Å². The molecule has 0 spiro atoms. The fourth-order valence-electron chi connectivity index (χ4n) is 5.68. The summed E-state index contributed by atoms with van der Waals surface area (Å²) in [5, 5.41) is 20.9. The molecule has 0 heterocycles. The predicted octanol–water partition coefficient (Wildman–Crippen LogP) is 5.88. The standard InChI is InChI=1S/C31H31BO2/c1-21(30(2,3)4)24-19-20-27(32(33)34)28-25-17-11-12-18-26(25)31(29(24)28,22-13-7-5-8-14-22)23-15-9-6-10-16-23/h5-21,33-34H,1-4H3. The topological polar surface area (TPSA) is 40.5 Å². The minimum atomic E-state index is -1.55. The predicted molar refractivity (Wildman–Crippen MR) is 141 cm³/mol. The fraction of sp³-hybridized carbons (Fsp3) is 0.226. The summed E-state index contributed by atoms with van der Waals surface area (Å²) in [4.78, 5) is 0. The molecule has 1 atom stereocenters. The summed E-state index contributed by atoms with van der Waals surface area (Å²) in [6, 6.07) is 33.8. The lowest BCUT2D eigenvalue weighted by molar-refractivity contribution is 0.337. The van der Waals surface area contributed by atoms with E-state index < -0.39 is 12.5 Å². The van der Waals surface area contributed by atoms with Gasteiger partial charge in [0.2, 0.25) is 0 Å². The van der Waals surface area contributed by atoms with E-state index in [-0.39, 0.29) is 11.3 Å². The summed E-state index contributed by atoms with van der Waals surface area (Å²) < 4.78 is 0. The number of hydrogen-bond acceptors (Lipinski definition) is 2. The number of benzene rings is 4. The van der Waals surface area contributed by atoms with E-state index in [1.807, 2.05) is 12.1 Å². The van der Waals surface area contributed by atoms with E-state index in [1.54, 1.807) is 0 Å². The van der Waals surface area contributed by atoms with Gasteiger partial charge in [0.15, 0.2) is 0 Å². The van der Waals surface area contributed by atoms with Crippen LogP contribution in [0.15, 0.2) is 97.1 Å². The smallest absolute Gasteiger partial charge is 0.423 e. The molecule has 1 aliphatic rings. The molecule has 2 N–H and O–H groups in total. The van der Waals surface area contributed by atoms with Crippen molar-refractivity contribution < 1.29 is 10.0 Å².